The molecule has 2 rings (SSSR count). The number of amides is 1. The molecule has 0 fully saturated rings. The van der Waals surface area contributed by atoms with Crippen molar-refractivity contribution in [2.45, 2.75) is 32.5 Å². The lowest BCUT2D eigenvalue weighted by Gasteiger charge is -2.19. The zero-order valence-corrected chi connectivity index (χ0v) is 14.8. The first-order valence-electron chi connectivity index (χ1n) is 7.98. The first-order valence-corrected chi connectivity index (χ1v) is 8.36. The molecule has 2 atom stereocenters. The minimum atomic E-state index is -0.948. The number of carbonyl (C=O) groups excluding carboxylic acids is 2. The number of rotatable bonds is 7. The fourth-order valence-electron chi connectivity index (χ4n) is 2.04. The average Bonchev–Trinajstić information content (AvgIpc) is 2.62. The van der Waals surface area contributed by atoms with Gasteiger partial charge >= 0.3 is 5.97 Å². The molecule has 0 saturated heterocycles. The minimum Gasteiger partial charge on any atom is -0.479 e. The van der Waals surface area contributed by atoms with Crippen molar-refractivity contribution >= 4 is 29.2 Å². The number of halogens is 1. The van der Waals surface area contributed by atoms with Gasteiger partial charge in [0, 0.05) is 10.7 Å². The van der Waals surface area contributed by atoms with Crippen LogP contribution in [0.5, 0.6) is 5.75 Å². The van der Waals surface area contributed by atoms with Gasteiger partial charge in [0.15, 0.2) is 12.2 Å². The number of anilines is 1. The molecule has 6 heteroatoms. The highest BCUT2D eigenvalue weighted by Crippen LogP contribution is 2.16. The van der Waals surface area contributed by atoms with Gasteiger partial charge in [-0.2, -0.15) is 0 Å². The fourth-order valence-corrected chi connectivity index (χ4v) is 2.17. The topological polar surface area (TPSA) is 64.6 Å². The van der Waals surface area contributed by atoms with Gasteiger partial charge in [0.05, 0.1) is 0 Å². The number of para-hydroxylation sites is 1. The Balaban J connectivity index is 1.90. The van der Waals surface area contributed by atoms with Crippen LogP contribution >= 0.6 is 11.6 Å². The van der Waals surface area contributed by atoms with Gasteiger partial charge in [-0.05, 0) is 49.7 Å². The highest BCUT2D eigenvalue weighted by Gasteiger charge is 2.25. The molecule has 0 spiro atoms. The van der Waals surface area contributed by atoms with E-state index in [1.54, 1.807) is 36.4 Å². The normalized spacial score (nSPS) is 12.8. The van der Waals surface area contributed by atoms with Gasteiger partial charge < -0.3 is 14.8 Å². The molecule has 0 saturated carbocycles. The molecular weight excluding hydrogens is 342 g/mol. The van der Waals surface area contributed by atoms with E-state index in [4.69, 9.17) is 21.1 Å². The summed E-state index contributed by atoms with van der Waals surface area (Å²) in [5.41, 5.74) is 0.574. The molecule has 0 unspecified atom stereocenters. The summed E-state index contributed by atoms with van der Waals surface area (Å²) in [7, 11) is 0. The first kappa shape index (κ1) is 18.8. The van der Waals surface area contributed by atoms with Crippen molar-refractivity contribution in [1.29, 1.82) is 0 Å². The van der Waals surface area contributed by atoms with Gasteiger partial charge in [-0.25, -0.2) is 4.79 Å². The summed E-state index contributed by atoms with van der Waals surface area (Å²) in [6.07, 6.45) is -1.29. The van der Waals surface area contributed by atoms with Gasteiger partial charge in [0.1, 0.15) is 5.75 Å². The molecule has 2 aromatic rings. The maximum atomic E-state index is 12.2. The van der Waals surface area contributed by atoms with E-state index >= 15 is 0 Å². The largest absolute Gasteiger partial charge is 0.479 e. The third kappa shape index (κ3) is 5.80. The van der Waals surface area contributed by atoms with Gasteiger partial charge in [-0.15, -0.1) is 0 Å². The zero-order chi connectivity index (χ0) is 18.2. The summed E-state index contributed by atoms with van der Waals surface area (Å²) in [5, 5.41) is 3.24. The predicted molar refractivity (Wildman–Crippen MR) is 96.8 cm³/mol. The number of benzene rings is 2. The van der Waals surface area contributed by atoms with E-state index in [0.29, 0.717) is 22.9 Å². The molecule has 0 aliphatic heterocycles. The molecule has 0 bridgehead atoms. The Morgan fingerprint density at radius 1 is 1.08 bits per heavy atom. The quantitative estimate of drug-likeness (QED) is 0.755. The van der Waals surface area contributed by atoms with Crippen LogP contribution in [0.25, 0.3) is 0 Å². The number of hydrogen-bond acceptors (Lipinski definition) is 4. The van der Waals surface area contributed by atoms with Gasteiger partial charge in [-0.1, -0.05) is 36.7 Å². The van der Waals surface area contributed by atoms with Crippen molar-refractivity contribution in [3.8, 4) is 5.75 Å². The molecule has 5 nitrogen and oxygen atoms in total. The molecule has 0 aliphatic carbocycles. The smallest absolute Gasteiger partial charge is 0.348 e. The first-order chi connectivity index (χ1) is 12.0. The Morgan fingerprint density at radius 2 is 1.72 bits per heavy atom. The number of carbonyl (C=O) groups is 2. The van der Waals surface area contributed by atoms with E-state index < -0.39 is 24.1 Å². The van der Waals surface area contributed by atoms with Crippen LogP contribution in [0.1, 0.15) is 20.3 Å². The Bertz CT molecular complexity index is 703. The second-order valence-corrected chi connectivity index (χ2v) is 5.84. The number of hydrogen-bond donors (Lipinski definition) is 1. The number of ether oxygens (including phenoxy) is 2. The third-order valence-electron chi connectivity index (χ3n) is 3.43. The van der Waals surface area contributed by atoms with Gasteiger partial charge in [0.2, 0.25) is 0 Å². The van der Waals surface area contributed by atoms with E-state index in [1.807, 2.05) is 25.1 Å². The second kappa shape index (κ2) is 9.08. The summed E-state index contributed by atoms with van der Waals surface area (Å²) >= 11 is 5.80. The molecule has 0 aliphatic rings. The van der Waals surface area contributed by atoms with E-state index in [-0.39, 0.29) is 0 Å². The van der Waals surface area contributed by atoms with Crippen LogP contribution in [0.15, 0.2) is 54.6 Å². The molecule has 1 amide bonds. The van der Waals surface area contributed by atoms with Crippen LogP contribution in [0, 0.1) is 0 Å². The fraction of sp³-hybridized carbons (Fsp3) is 0.263. The Labute approximate surface area is 151 Å². The van der Waals surface area contributed by atoms with E-state index in [0.717, 1.165) is 0 Å². The van der Waals surface area contributed by atoms with Crippen LogP contribution in [-0.2, 0) is 14.3 Å². The van der Waals surface area contributed by atoms with Crippen LogP contribution < -0.4 is 10.1 Å². The maximum Gasteiger partial charge on any atom is 0.348 e. The van der Waals surface area contributed by atoms with Gasteiger partial charge in [-0.3, -0.25) is 4.79 Å². The van der Waals surface area contributed by atoms with E-state index in [2.05, 4.69) is 5.32 Å². The summed E-state index contributed by atoms with van der Waals surface area (Å²) < 4.78 is 10.8. The summed E-state index contributed by atoms with van der Waals surface area (Å²) in [6.45, 7) is 3.33. The molecule has 0 heterocycles. The molecule has 0 aromatic heterocycles. The lowest BCUT2D eigenvalue weighted by Crippen LogP contribution is -2.36. The van der Waals surface area contributed by atoms with Crippen LogP contribution in [0.2, 0.25) is 5.02 Å². The van der Waals surface area contributed by atoms with Crippen molar-refractivity contribution in [3.05, 3.63) is 59.6 Å². The lowest BCUT2D eigenvalue weighted by atomic mass is 10.2. The summed E-state index contributed by atoms with van der Waals surface area (Å²) in [6, 6.07) is 15.7. The van der Waals surface area contributed by atoms with Crippen molar-refractivity contribution in [2.75, 3.05) is 5.32 Å². The van der Waals surface area contributed by atoms with Crippen molar-refractivity contribution < 1.29 is 19.1 Å². The van der Waals surface area contributed by atoms with E-state index in [1.165, 1.54) is 6.92 Å². The Kier molecular flexibility index (Phi) is 6.83. The third-order valence-corrected chi connectivity index (χ3v) is 3.68. The summed E-state index contributed by atoms with van der Waals surface area (Å²) in [5.74, 6) is -0.431. The molecule has 132 valence electrons. The Morgan fingerprint density at radius 3 is 2.32 bits per heavy atom. The zero-order valence-electron chi connectivity index (χ0n) is 14.1. The molecule has 0 radical (unpaired) electrons. The van der Waals surface area contributed by atoms with Crippen molar-refractivity contribution in [3.63, 3.8) is 0 Å². The maximum absolute atomic E-state index is 12.2. The van der Waals surface area contributed by atoms with Crippen LogP contribution in [0.3, 0.4) is 0 Å². The predicted octanol–water partition coefficient (Wildman–Crippen LogP) is 4.07. The lowest BCUT2D eigenvalue weighted by molar-refractivity contribution is -0.160. The standard InChI is InChI=1S/C19H20ClNO4/c1-3-17(25-16-7-5-4-6-8-16)19(23)24-13(2)18(22)21-15-11-9-14(20)10-12-15/h4-13,17H,3H2,1-2H3,(H,21,22)/t13-,17+/m1/s1. The number of esters is 1. The molecule has 1 N–H and O–H groups in total. The van der Waals surface area contributed by atoms with Crippen molar-refractivity contribution in [1.82, 2.24) is 0 Å². The monoisotopic (exact) mass is 361 g/mol. The van der Waals surface area contributed by atoms with Gasteiger partial charge in [0.25, 0.3) is 5.91 Å². The molecule has 25 heavy (non-hydrogen) atoms. The second-order valence-electron chi connectivity index (χ2n) is 5.40. The highest BCUT2D eigenvalue weighted by atomic mass is 35.5. The SMILES string of the molecule is CC[C@H](Oc1ccccc1)C(=O)O[C@H](C)C(=O)Nc1ccc(Cl)cc1. The molecular formula is C19H20ClNO4. The average molecular weight is 362 g/mol. The van der Waals surface area contributed by atoms with E-state index in [9.17, 15) is 9.59 Å². The summed E-state index contributed by atoms with van der Waals surface area (Å²) in [4.78, 5) is 24.4. The van der Waals surface area contributed by atoms with Crippen LogP contribution in [0.4, 0.5) is 5.69 Å². The Hall–Kier alpha value is -2.53. The van der Waals surface area contributed by atoms with Crippen LogP contribution in [-0.4, -0.2) is 24.1 Å². The molecule has 2 aromatic carbocycles. The highest BCUT2D eigenvalue weighted by molar-refractivity contribution is 6.30. The minimum absolute atomic E-state index is 0.426. The number of nitrogens with one attached hydrogen (secondary N) is 1. The van der Waals surface area contributed by atoms with Crippen molar-refractivity contribution in [2.24, 2.45) is 0 Å².